The number of ketones is 2. The Balaban J connectivity index is 1.31. The number of esters is 1. The van der Waals surface area contributed by atoms with E-state index in [9.17, 15) is 65.5 Å². The average molecular weight is 1400 g/mol. The number of carbonyl (C=O) groups excluding carboxylic acids is 10. The monoisotopic (exact) mass is 1400 g/mol. The van der Waals surface area contributed by atoms with Crippen LogP contribution in [0.5, 0.6) is 5.75 Å². The topological polar surface area (TPSA) is 298 Å². The number of hydrogen-bond donors (Lipinski definition) is 6. The van der Waals surface area contributed by atoms with Gasteiger partial charge in [-0.2, -0.15) is 8.78 Å². The predicted molar refractivity (Wildman–Crippen MR) is 367 cm³/mol. The van der Waals surface area contributed by atoms with Gasteiger partial charge in [-0.15, -0.1) is 0 Å². The van der Waals surface area contributed by atoms with Gasteiger partial charge in [0.15, 0.2) is 17.4 Å². The van der Waals surface area contributed by atoms with Crippen molar-refractivity contribution in [3.63, 3.8) is 0 Å². The van der Waals surface area contributed by atoms with E-state index in [2.05, 4.69) is 26.6 Å². The van der Waals surface area contributed by atoms with Gasteiger partial charge in [-0.25, -0.2) is 13.6 Å². The molecule has 0 aliphatic carbocycles. The first-order valence-corrected chi connectivity index (χ1v) is 34.9. The van der Waals surface area contributed by atoms with Gasteiger partial charge in [-0.05, 0) is 127 Å². The minimum atomic E-state index is -1.80. The molecule has 4 rings (SSSR count). The zero-order valence-corrected chi connectivity index (χ0v) is 61.3. The number of piperidine rings is 1. The molecule has 2 aliphatic rings. The van der Waals surface area contributed by atoms with Crippen LogP contribution < -0.4 is 37.1 Å². The van der Waals surface area contributed by atoms with E-state index in [0.717, 1.165) is 6.92 Å². The van der Waals surface area contributed by atoms with Gasteiger partial charge in [0.05, 0.1) is 48.7 Å². The highest BCUT2D eigenvalue weighted by Gasteiger charge is 2.44. The molecule has 27 heteroatoms. The second-order valence-corrected chi connectivity index (χ2v) is 28.4. The van der Waals surface area contributed by atoms with Gasteiger partial charge in [0.1, 0.15) is 11.8 Å². The largest absolute Gasteiger partial charge is 0.420 e. The van der Waals surface area contributed by atoms with Crippen molar-refractivity contribution in [3.8, 4) is 5.75 Å². The first kappa shape index (κ1) is 84.3. The summed E-state index contributed by atoms with van der Waals surface area (Å²) < 4.78 is 74.1. The Labute approximate surface area is 582 Å². The van der Waals surface area contributed by atoms with E-state index in [1.54, 1.807) is 68.8 Å². The number of ether oxygens (including phenoxy) is 3. The molecular formula is C72H112F4N10O13. The lowest BCUT2D eigenvalue weighted by Gasteiger charge is -2.41. The molecule has 7 N–H and O–H groups in total. The highest BCUT2D eigenvalue weighted by atomic mass is 19.2. The number of nitrogens with one attached hydrogen (secondary N) is 5. The summed E-state index contributed by atoms with van der Waals surface area (Å²) in [7, 11) is 8.39. The molecule has 2 aromatic carbocycles. The van der Waals surface area contributed by atoms with Crippen LogP contribution in [0.1, 0.15) is 164 Å². The van der Waals surface area contributed by atoms with Crippen molar-refractivity contribution in [2.24, 2.45) is 53.1 Å². The van der Waals surface area contributed by atoms with Crippen LogP contribution in [0.15, 0.2) is 24.3 Å². The number of methoxy groups -OCH3 is 2. The smallest absolute Gasteiger partial charge is 0.314 e. The van der Waals surface area contributed by atoms with E-state index in [-0.39, 0.29) is 123 Å². The second kappa shape index (κ2) is 39.8. The molecule has 13 atom stereocenters. The summed E-state index contributed by atoms with van der Waals surface area (Å²) in [6.07, 6.45) is 1.42. The molecule has 2 unspecified atom stereocenters. The highest BCUT2D eigenvalue weighted by Crippen LogP contribution is 2.34. The number of urea groups is 1. The van der Waals surface area contributed by atoms with E-state index in [4.69, 9.17) is 19.9 Å². The van der Waals surface area contributed by atoms with Crippen LogP contribution in [0.3, 0.4) is 0 Å². The molecule has 2 fully saturated rings. The first-order chi connectivity index (χ1) is 46.5. The lowest BCUT2D eigenvalue weighted by Crippen LogP contribution is -2.59. The number of nitrogens with two attached hydrogens (primary N) is 1. The number of halogens is 4. The van der Waals surface area contributed by atoms with Gasteiger partial charge in [0.2, 0.25) is 52.8 Å². The molecule has 2 heterocycles. The Morgan fingerprint density at radius 1 is 0.717 bits per heavy atom. The van der Waals surface area contributed by atoms with Crippen LogP contribution in [0.2, 0.25) is 0 Å². The number of likely N-dealkylation sites (N-methyl/N-ethyl adjacent to an activating group) is 2. The summed E-state index contributed by atoms with van der Waals surface area (Å²) >= 11 is 0. The van der Waals surface area contributed by atoms with Crippen LogP contribution in [-0.4, -0.2) is 189 Å². The highest BCUT2D eigenvalue weighted by molar-refractivity contribution is 5.97. The third-order valence-electron chi connectivity index (χ3n) is 19.7. The second-order valence-electron chi connectivity index (χ2n) is 28.4. The molecular weight excluding hydrogens is 1290 g/mol. The van der Waals surface area contributed by atoms with E-state index in [0.29, 0.717) is 63.0 Å². The van der Waals surface area contributed by atoms with Crippen molar-refractivity contribution in [3.05, 3.63) is 58.7 Å². The SMILES string of the molecule is CC[C@H](C)[C@@H]([C@@H](CC(=O)N1CCC[C@H]1[C@H](OC)[C@@H](C)C(=O)C[C@@H](C)C(=O)NCc1ccc(NC(=O)[C@H](CCCNC(N)=O)CC(=O)[C@@H](NC(=O)CCCN2CCC(C(=O)Oc3c(F)c(F)c(C)c(F)c3F)CC2C)C(C)C)cc1)OC)N(C)C(=O)[C@@H](NC(=O)[C@H](C(C)C)N(C)C)C(C)C. The third kappa shape index (κ3) is 23.8. The van der Waals surface area contributed by atoms with Gasteiger partial charge in [0, 0.05) is 95.2 Å². The number of carbonyl (C=O) groups is 10. The number of primary amides is 1. The predicted octanol–water partition coefficient (Wildman–Crippen LogP) is 8.00. The van der Waals surface area contributed by atoms with Gasteiger partial charge in [-0.1, -0.05) is 87.8 Å². The lowest BCUT2D eigenvalue weighted by molar-refractivity contribution is -0.148. The summed E-state index contributed by atoms with van der Waals surface area (Å²) in [5, 5.41) is 14.1. The summed E-state index contributed by atoms with van der Waals surface area (Å²) in [5.74, 6) is -15.8. The number of benzene rings is 2. The van der Waals surface area contributed by atoms with Crippen molar-refractivity contribution in [2.45, 2.75) is 215 Å². The average Bonchev–Trinajstić information content (AvgIpc) is 1.34. The number of hydrogen-bond acceptors (Lipinski definition) is 15. The molecule has 2 aliphatic heterocycles. The number of Topliss-reactive ketones (excluding diaryl/α,β-unsaturated/α-hetero) is 2. The molecule has 556 valence electrons. The molecule has 0 spiro atoms. The standard InChI is InChI=1S/C72H112F4N10O13/c1-18-42(8)64(84(15)70(94)62(40(4)5)82-69(93)63(41(6)7)83(13)14)54(97-16)37-56(90)86-32-20-23-51(86)65(98-17)45(11)52(87)34-43(9)67(91)79-38-47-25-27-50(28-26-47)80-68(92)48(22-19-30-78-72(77)96)36-53(88)61(39(2)3)81-55(89)24-21-31-85-33-29-49(35-44(85)10)71(95)99-66-59(75)57(73)46(12)58(74)60(66)76/h25-28,39-45,48-49,51,54,61-65H,18-24,29-38H2,1-17H3,(H,79,91)(H,80,92)(H,81,89)(H,82,93)(H3,77,78,96)/t42-,43+,44?,45-,48+,49?,51-,54+,61-,62-,63-,64-,65+/m0/s1. The fourth-order valence-electron chi connectivity index (χ4n) is 13.7. The minimum absolute atomic E-state index is 0.00555. The van der Waals surface area contributed by atoms with Gasteiger partial charge in [-0.3, -0.25) is 48.1 Å². The zero-order chi connectivity index (χ0) is 74.4. The normalized spacial score (nSPS) is 18.9. The van der Waals surface area contributed by atoms with Gasteiger partial charge >= 0.3 is 12.0 Å². The van der Waals surface area contributed by atoms with E-state index in [1.807, 2.05) is 72.4 Å². The number of rotatable bonds is 39. The molecule has 0 aromatic heterocycles. The number of anilines is 1. The van der Waals surface area contributed by atoms with Gasteiger partial charge < -0.3 is 61.2 Å². The number of amides is 8. The molecule has 8 amide bonds. The van der Waals surface area contributed by atoms with Crippen molar-refractivity contribution in [1.29, 1.82) is 0 Å². The van der Waals surface area contributed by atoms with Crippen molar-refractivity contribution in [2.75, 3.05) is 66.9 Å². The summed E-state index contributed by atoms with van der Waals surface area (Å²) in [4.78, 5) is 143. The molecule has 0 saturated carbocycles. The maximum absolute atomic E-state index is 14.5. The number of likely N-dealkylation sites (tertiary alicyclic amines) is 2. The van der Waals surface area contributed by atoms with Crippen LogP contribution in [0.4, 0.5) is 28.0 Å². The summed E-state index contributed by atoms with van der Waals surface area (Å²) in [6, 6.07) is 2.49. The van der Waals surface area contributed by atoms with E-state index < -0.39 is 124 Å². The molecule has 0 bridgehead atoms. The maximum atomic E-state index is 14.5. The fraction of sp³-hybridized carbons (Fsp3) is 0.694. The van der Waals surface area contributed by atoms with Crippen LogP contribution in [-0.2, 0) is 59.2 Å². The lowest BCUT2D eigenvalue weighted by atomic mass is 9.87. The molecule has 2 saturated heterocycles. The van der Waals surface area contributed by atoms with Gasteiger partial charge in [0.25, 0.3) is 0 Å². The Kier molecular flexibility index (Phi) is 33.9. The van der Waals surface area contributed by atoms with Crippen LogP contribution in [0, 0.1) is 77.5 Å². The Morgan fingerprint density at radius 2 is 1.34 bits per heavy atom. The Bertz CT molecular complexity index is 3050. The van der Waals surface area contributed by atoms with E-state index in [1.165, 1.54) is 14.2 Å². The maximum Gasteiger partial charge on any atom is 0.314 e. The van der Waals surface area contributed by atoms with E-state index >= 15 is 0 Å². The van der Waals surface area contributed by atoms with Crippen molar-refractivity contribution in [1.82, 2.24) is 40.9 Å². The first-order valence-electron chi connectivity index (χ1n) is 34.9. The zero-order valence-electron chi connectivity index (χ0n) is 61.3. The van der Waals surface area contributed by atoms with Crippen LogP contribution >= 0.6 is 0 Å². The molecule has 23 nitrogen and oxygen atoms in total. The molecule has 99 heavy (non-hydrogen) atoms. The molecule has 0 radical (unpaired) electrons. The van der Waals surface area contributed by atoms with Crippen molar-refractivity contribution < 1.29 is 79.7 Å². The Hall–Kier alpha value is -7.10. The third-order valence-corrected chi connectivity index (χ3v) is 19.7. The summed E-state index contributed by atoms with van der Waals surface area (Å²) in [5.41, 5.74) is 5.47. The quantitative estimate of drug-likeness (QED) is 0.0121. The molecule has 2 aromatic rings. The Morgan fingerprint density at radius 3 is 1.89 bits per heavy atom. The minimum Gasteiger partial charge on any atom is -0.420 e. The van der Waals surface area contributed by atoms with Crippen molar-refractivity contribution >= 4 is 64.7 Å². The number of nitrogens with zero attached hydrogens (tertiary/aromatic N) is 4. The fourth-order valence-corrected chi connectivity index (χ4v) is 13.7. The summed E-state index contributed by atoms with van der Waals surface area (Å²) in [6.45, 7) is 22.7. The van der Waals surface area contributed by atoms with Crippen LogP contribution in [0.25, 0.3) is 0 Å².